The van der Waals surface area contributed by atoms with E-state index in [0.29, 0.717) is 0 Å². The van der Waals surface area contributed by atoms with E-state index in [0.717, 1.165) is 0 Å². The molecule has 1 rings (SSSR count). The van der Waals surface area contributed by atoms with Crippen molar-refractivity contribution in [3.63, 3.8) is 0 Å². The second-order valence-corrected chi connectivity index (χ2v) is 5.68. The van der Waals surface area contributed by atoms with Crippen molar-refractivity contribution in [3.8, 4) is 0 Å². The van der Waals surface area contributed by atoms with E-state index in [1.165, 1.54) is 38.1 Å². The van der Waals surface area contributed by atoms with Crippen LogP contribution in [0.1, 0.15) is 34.6 Å². The molecule has 8 nitrogen and oxygen atoms in total. The van der Waals surface area contributed by atoms with Gasteiger partial charge in [0.25, 0.3) is 0 Å². The Morgan fingerprint density at radius 1 is 0.643 bits per heavy atom. The van der Waals surface area contributed by atoms with Gasteiger partial charge in [-0.2, -0.15) is 0 Å². The molecule has 0 aliphatic rings. The van der Waals surface area contributed by atoms with Crippen molar-refractivity contribution in [3.05, 3.63) is 59.7 Å². The summed E-state index contributed by atoms with van der Waals surface area (Å²) in [6.07, 6.45) is 0. The maximum atomic E-state index is 11.9. The first kappa shape index (κ1) is 22.6. The van der Waals surface area contributed by atoms with E-state index in [-0.39, 0.29) is 48.7 Å². The van der Waals surface area contributed by atoms with Gasteiger partial charge >= 0.3 is 23.9 Å². The zero-order valence-electron chi connectivity index (χ0n) is 15.8. The van der Waals surface area contributed by atoms with Gasteiger partial charge in [0.05, 0.1) is 11.1 Å². The lowest BCUT2D eigenvalue weighted by Crippen LogP contribution is -2.15. The molecule has 1 aromatic carbocycles. The van der Waals surface area contributed by atoms with E-state index in [2.05, 4.69) is 13.2 Å². The lowest BCUT2D eigenvalue weighted by Gasteiger charge is -2.08. The van der Waals surface area contributed by atoms with Crippen LogP contribution in [0.15, 0.2) is 48.6 Å². The Hall–Kier alpha value is -3.42. The summed E-state index contributed by atoms with van der Waals surface area (Å²) in [5.74, 6) is -2.38. The minimum absolute atomic E-state index is 0.0855. The standard InChI is InChI=1S/C20H22O8/c1-13(2)17(21)25-9-11-27-19(23)15-5-7-16(8-6-15)20(24)28-12-10-26-18(22)14(3)4/h5-8H,1,3,9-12H2,2,4H3. The Bertz CT molecular complexity index is 696. The van der Waals surface area contributed by atoms with Gasteiger partial charge in [0, 0.05) is 11.1 Å². The molecule has 1 aromatic rings. The fourth-order valence-electron chi connectivity index (χ4n) is 1.69. The lowest BCUT2D eigenvalue weighted by molar-refractivity contribution is -0.140. The Kier molecular flexibility index (Phi) is 9.15. The van der Waals surface area contributed by atoms with Gasteiger partial charge < -0.3 is 18.9 Å². The third kappa shape index (κ3) is 7.86. The first-order chi connectivity index (χ1) is 13.2. The quantitative estimate of drug-likeness (QED) is 0.259. The Morgan fingerprint density at radius 2 is 0.929 bits per heavy atom. The summed E-state index contributed by atoms with van der Waals surface area (Å²) in [4.78, 5) is 46.1. The first-order valence-corrected chi connectivity index (χ1v) is 8.32. The molecule has 0 atom stereocenters. The van der Waals surface area contributed by atoms with Gasteiger partial charge in [0.1, 0.15) is 26.4 Å². The van der Waals surface area contributed by atoms with Crippen molar-refractivity contribution in [2.45, 2.75) is 13.8 Å². The smallest absolute Gasteiger partial charge is 0.338 e. The van der Waals surface area contributed by atoms with Gasteiger partial charge in [-0.3, -0.25) is 0 Å². The predicted octanol–water partition coefficient (Wildman–Crippen LogP) is 2.24. The van der Waals surface area contributed by atoms with E-state index in [9.17, 15) is 19.2 Å². The maximum Gasteiger partial charge on any atom is 0.338 e. The van der Waals surface area contributed by atoms with Gasteiger partial charge in [-0.1, -0.05) is 13.2 Å². The van der Waals surface area contributed by atoms with Crippen LogP contribution in [0, 0.1) is 0 Å². The van der Waals surface area contributed by atoms with Crippen LogP contribution in [-0.2, 0) is 28.5 Å². The average molecular weight is 390 g/mol. The highest BCUT2D eigenvalue weighted by Crippen LogP contribution is 2.08. The third-order valence-electron chi connectivity index (χ3n) is 3.15. The number of ether oxygens (including phenoxy) is 4. The van der Waals surface area contributed by atoms with Gasteiger partial charge in [-0.15, -0.1) is 0 Å². The fourth-order valence-corrected chi connectivity index (χ4v) is 1.69. The summed E-state index contributed by atoms with van der Waals surface area (Å²) in [7, 11) is 0. The molecule has 0 heterocycles. The van der Waals surface area contributed by atoms with E-state index in [4.69, 9.17) is 18.9 Å². The first-order valence-electron chi connectivity index (χ1n) is 8.32. The highest BCUT2D eigenvalue weighted by molar-refractivity contribution is 5.93. The number of benzene rings is 1. The average Bonchev–Trinajstić information content (AvgIpc) is 2.67. The number of rotatable bonds is 10. The van der Waals surface area contributed by atoms with Crippen molar-refractivity contribution < 1.29 is 38.1 Å². The second kappa shape index (κ2) is 11.3. The molecule has 0 bridgehead atoms. The molecule has 8 heteroatoms. The normalized spacial score (nSPS) is 9.79. The predicted molar refractivity (Wildman–Crippen MR) is 98.6 cm³/mol. The summed E-state index contributed by atoms with van der Waals surface area (Å²) >= 11 is 0. The molecule has 0 unspecified atom stereocenters. The van der Waals surface area contributed by atoms with Crippen molar-refractivity contribution >= 4 is 23.9 Å². The number of hydrogen-bond acceptors (Lipinski definition) is 8. The summed E-state index contributed by atoms with van der Waals surface area (Å²) in [5.41, 5.74) is 0.946. The fraction of sp³-hybridized carbons (Fsp3) is 0.300. The molecule has 0 aliphatic carbocycles. The molecule has 0 radical (unpaired) electrons. The van der Waals surface area contributed by atoms with Gasteiger partial charge in [-0.05, 0) is 38.1 Å². The summed E-state index contributed by atoms with van der Waals surface area (Å²) < 4.78 is 19.5. The van der Waals surface area contributed by atoms with E-state index in [1.54, 1.807) is 0 Å². The van der Waals surface area contributed by atoms with Crippen molar-refractivity contribution in [1.29, 1.82) is 0 Å². The zero-order chi connectivity index (χ0) is 21.1. The van der Waals surface area contributed by atoms with Crippen LogP contribution in [0.25, 0.3) is 0 Å². The van der Waals surface area contributed by atoms with Crippen molar-refractivity contribution in [2.24, 2.45) is 0 Å². The minimum Gasteiger partial charge on any atom is -0.459 e. The molecule has 0 aliphatic heterocycles. The molecule has 0 N–H and O–H groups in total. The number of esters is 4. The number of carbonyl (C=O) groups excluding carboxylic acids is 4. The van der Waals surface area contributed by atoms with Gasteiger partial charge in [0.2, 0.25) is 0 Å². The van der Waals surface area contributed by atoms with E-state index >= 15 is 0 Å². The molecule has 28 heavy (non-hydrogen) atoms. The third-order valence-corrected chi connectivity index (χ3v) is 3.15. The van der Waals surface area contributed by atoms with Crippen LogP contribution in [0.3, 0.4) is 0 Å². The lowest BCUT2D eigenvalue weighted by atomic mass is 10.1. The van der Waals surface area contributed by atoms with Crippen LogP contribution in [0.4, 0.5) is 0 Å². The molecule has 0 fully saturated rings. The molecule has 0 spiro atoms. The van der Waals surface area contributed by atoms with Gasteiger partial charge in [-0.25, -0.2) is 19.2 Å². The minimum atomic E-state index is -0.627. The number of hydrogen-bond donors (Lipinski definition) is 0. The largest absolute Gasteiger partial charge is 0.459 e. The molecule has 0 saturated carbocycles. The topological polar surface area (TPSA) is 105 Å². The Labute approximate surface area is 162 Å². The Morgan fingerprint density at radius 3 is 1.21 bits per heavy atom. The SMILES string of the molecule is C=C(C)C(=O)OCCOC(=O)c1ccc(C(=O)OCCOC(=O)C(=C)C)cc1. The summed E-state index contributed by atoms with van der Waals surface area (Å²) in [6, 6.07) is 5.61. The zero-order valence-corrected chi connectivity index (χ0v) is 15.8. The molecule has 0 amide bonds. The molecular weight excluding hydrogens is 368 g/mol. The molecule has 150 valence electrons. The summed E-state index contributed by atoms with van der Waals surface area (Å²) in [5, 5.41) is 0. The molecule has 0 aromatic heterocycles. The highest BCUT2D eigenvalue weighted by Gasteiger charge is 2.12. The molecule has 0 saturated heterocycles. The van der Waals surface area contributed by atoms with Crippen LogP contribution >= 0.6 is 0 Å². The van der Waals surface area contributed by atoms with E-state index in [1.807, 2.05) is 0 Å². The van der Waals surface area contributed by atoms with Gasteiger partial charge in [0.15, 0.2) is 0 Å². The van der Waals surface area contributed by atoms with Crippen LogP contribution in [0.5, 0.6) is 0 Å². The second-order valence-electron chi connectivity index (χ2n) is 5.68. The van der Waals surface area contributed by atoms with Crippen LogP contribution in [-0.4, -0.2) is 50.3 Å². The maximum absolute atomic E-state index is 11.9. The highest BCUT2D eigenvalue weighted by atomic mass is 16.6. The molecular formula is C20H22O8. The Balaban J connectivity index is 2.39. The summed E-state index contributed by atoms with van der Waals surface area (Å²) in [6.45, 7) is 9.50. The van der Waals surface area contributed by atoms with Crippen LogP contribution < -0.4 is 0 Å². The van der Waals surface area contributed by atoms with E-state index < -0.39 is 23.9 Å². The monoisotopic (exact) mass is 390 g/mol. The number of carbonyl (C=O) groups is 4. The van der Waals surface area contributed by atoms with Crippen molar-refractivity contribution in [1.82, 2.24) is 0 Å². The van der Waals surface area contributed by atoms with Crippen LogP contribution in [0.2, 0.25) is 0 Å². The van der Waals surface area contributed by atoms with Crippen molar-refractivity contribution in [2.75, 3.05) is 26.4 Å².